The number of amides is 1. The second-order valence-corrected chi connectivity index (χ2v) is 11.7. The lowest BCUT2D eigenvalue weighted by Gasteiger charge is -2.35. The molecular weight excluding hydrogens is 566 g/mol. The Balaban J connectivity index is 0.00000216. The summed E-state index contributed by atoms with van der Waals surface area (Å²) in [5.41, 5.74) is 1.37. The average Bonchev–Trinajstić information content (AvgIpc) is 3.31. The number of hydrogen-bond donors (Lipinski definition) is 1. The van der Waals surface area contributed by atoms with Gasteiger partial charge in [-0.2, -0.15) is 0 Å². The maximum absolute atomic E-state index is 15.0. The Hall–Kier alpha value is -4.19. The van der Waals surface area contributed by atoms with Crippen molar-refractivity contribution in [1.82, 2.24) is 34.3 Å². The molecule has 12 heteroatoms. The number of carbonyl (C=O) groups excluding carboxylic acids is 1. The van der Waals surface area contributed by atoms with E-state index in [9.17, 15) is 9.18 Å². The zero-order valence-electron chi connectivity index (χ0n) is 26.8. The maximum atomic E-state index is 15.0. The number of imidazole rings is 1. The van der Waals surface area contributed by atoms with Gasteiger partial charge >= 0.3 is 6.09 Å². The number of pyridine rings is 1. The quantitative estimate of drug-likeness (QED) is 0.253. The molecule has 1 amide bonds. The van der Waals surface area contributed by atoms with Crippen LogP contribution >= 0.6 is 0 Å². The molecule has 236 valence electrons. The highest BCUT2D eigenvalue weighted by Crippen LogP contribution is 2.30. The van der Waals surface area contributed by atoms with Gasteiger partial charge in [0.25, 0.3) is 0 Å². The minimum absolute atomic E-state index is 0.0264. The van der Waals surface area contributed by atoms with Crippen molar-refractivity contribution in [2.75, 3.05) is 31.5 Å². The van der Waals surface area contributed by atoms with Crippen LogP contribution < -0.4 is 5.32 Å². The first-order valence-corrected chi connectivity index (χ1v) is 15.0. The highest BCUT2D eigenvalue weighted by Gasteiger charge is 2.26. The number of aryl methyl sites for hydroxylation is 1. The van der Waals surface area contributed by atoms with E-state index in [1.165, 1.54) is 6.07 Å². The van der Waals surface area contributed by atoms with Crippen LogP contribution in [0.3, 0.4) is 0 Å². The van der Waals surface area contributed by atoms with Crippen LogP contribution in [0.2, 0.25) is 0 Å². The monoisotopic (exact) mass is 608 g/mol. The first-order valence-electron chi connectivity index (χ1n) is 15.0. The number of aromatic nitrogens is 5. The maximum Gasteiger partial charge on any atom is 0.410 e. The van der Waals surface area contributed by atoms with Crippen LogP contribution in [0, 0.1) is 18.6 Å². The third-order valence-corrected chi connectivity index (χ3v) is 6.92. The van der Waals surface area contributed by atoms with E-state index in [1.807, 2.05) is 72.1 Å². The van der Waals surface area contributed by atoms with Gasteiger partial charge in [0, 0.05) is 44.3 Å². The van der Waals surface area contributed by atoms with Crippen molar-refractivity contribution in [3.8, 4) is 11.3 Å². The Kier molecular flexibility index (Phi) is 10.1. The largest absolute Gasteiger partial charge is 0.444 e. The third kappa shape index (κ3) is 7.65. The summed E-state index contributed by atoms with van der Waals surface area (Å²) in [4.78, 5) is 33.8. The molecule has 5 rings (SSSR count). The smallest absolute Gasteiger partial charge is 0.410 e. The number of nitrogens with zero attached hydrogens (tertiary/aromatic N) is 7. The van der Waals surface area contributed by atoms with Crippen molar-refractivity contribution in [1.29, 1.82) is 0 Å². The fourth-order valence-electron chi connectivity index (χ4n) is 5.08. The molecule has 1 aliphatic rings. The summed E-state index contributed by atoms with van der Waals surface area (Å²) >= 11 is 0. The molecule has 10 nitrogen and oxygen atoms in total. The number of hydrogen-bond acceptors (Lipinski definition) is 8. The lowest BCUT2D eigenvalue weighted by Crippen LogP contribution is -2.49. The van der Waals surface area contributed by atoms with E-state index in [2.05, 4.69) is 30.2 Å². The summed E-state index contributed by atoms with van der Waals surface area (Å²) in [5.74, 6) is 0.0961. The molecule has 44 heavy (non-hydrogen) atoms. The number of halogens is 2. The van der Waals surface area contributed by atoms with Crippen LogP contribution in [0.4, 0.5) is 25.3 Å². The lowest BCUT2D eigenvalue weighted by molar-refractivity contribution is 0.0138. The summed E-state index contributed by atoms with van der Waals surface area (Å²) in [6, 6.07) is 8.55. The Morgan fingerprint density at radius 1 is 1.02 bits per heavy atom. The van der Waals surface area contributed by atoms with Gasteiger partial charge in [-0.25, -0.2) is 33.5 Å². The van der Waals surface area contributed by atoms with Crippen LogP contribution in [-0.4, -0.2) is 72.2 Å². The summed E-state index contributed by atoms with van der Waals surface area (Å²) in [5, 5.41) is 3.05. The van der Waals surface area contributed by atoms with Crippen molar-refractivity contribution < 1.29 is 18.3 Å². The van der Waals surface area contributed by atoms with Gasteiger partial charge in [0.1, 0.15) is 28.5 Å². The predicted molar refractivity (Wildman–Crippen MR) is 168 cm³/mol. The van der Waals surface area contributed by atoms with Gasteiger partial charge in [-0.1, -0.05) is 19.9 Å². The fraction of sp³-hybridized carbons (Fsp3) is 0.469. The van der Waals surface area contributed by atoms with E-state index in [1.54, 1.807) is 17.0 Å². The molecule has 0 bridgehead atoms. The number of benzene rings is 1. The van der Waals surface area contributed by atoms with Crippen molar-refractivity contribution in [2.24, 2.45) is 0 Å². The number of carbonyl (C=O) groups is 1. The number of nitrogens with one attached hydrogen (secondary N) is 1. The molecule has 0 radical (unpaired) electrons. The molecule has 0 saturated carbocycles. The first kappa shape index (κ1) is 32.7. The first-order chi connectivity index (χ1) is 20.9. The molecule has 0 aliphatic carbocycles. The molecular formula is C32H42F2N8O2. The Labute approximate surface area is 257 Å². The van der Waals surface area contributed by atoms with Crippen molar-refractivity contribution >= 4 is 28.9 Å². The molecule has 0 atom stereocenters. The second kappa shape index (κ2) is 13.6. The van der Waals surface area contributed by atoms with E-state index in [0.29, 0.717) is 49.9 Å². The van der Waals surface area contributed by atoms with E-state index in [-0.39, 0.29) is 34.9 Å². The van der Waals surface area contributed by atoms with Crippen LogP contribution in [-0.2, 0) is 11.3 Å². The van der Waals surface area contributed by atoms with Gasteiger partial charge in [0.15, 0.2) is 11.6 Å². The molecule has 0 unspecified atom stereocenters. The normalized spacial score (nSPS) is 14.0. The van der Waals surface area contributed by atoms with Gasteiger partial charge in [0.2, 0.25) is 5.95 Å². The van der Waals surface area contributed by atoms with Crippen LogP contribution in [0.15, 0.2) is 36.5 Å². The zero-order chi connectivity index (χ0) is 32.2. The van der Waals surface area contributed by atoms with Crippen molar-refractivity contribution in [3.63, 3.8) is 0 Å². The molecule has 4 heterocycles. The van der Waals surface area contributed by atoms with E-state index in [0.717, 1.165) is 11.9 Å². The Morgan fingerprint density at radius 3 is 2.39 bits per heavy atom. The molecule has 1 fully saturated rings. The zero-order valence-corrected chi connectivity index (χ0v) is 26.8. The molecule has 1 saturated heterocycles. The highest BCUT2D eigenvalue weighted by molar-refractivity contribution is 5.83. The predicted octanol–water partition coefficient (Wildman–Crippen LogP) is 6.88. The Morgan fingerprint density at radius 2 is 1.73 bits per heavy atom. The number of anilines is 2. The van der Waals surface area contributed by atoms with E-state index < -0.39 is 17.2 Å². The highest BCUT2D eigenvalue weighted by atomic mass is 19.1. The van der Waals surface area contributed by atoms with Crippen molar-refractivity contribution in [3.05, 3.63) is 59.7 Å². The fourth-order valence-corrected chi connectivity index (χ4v) is 5.08. The standard InChI is InChI=1S/C30H36F2N8O2.C2H6/c1-18(2)40-19(3)34-27-22(31)14-20(15-24(27)40)26-23(32)16-33-28(37-26)36-25-9-7-8-21(35-25)17-38-10-12-39(13-11-38)29(41)42-30(4,5)6;1-2/h7-9,14-16,18H,10-13,17H2,1-6H3,(H,33,35,36,37);1-2H3. The number of piperazine rings is 1. The van der Waals surface area contributed by atoms with Crippen LogP contribution in [0.5, 0.6) is 0 Å². The van der Waals surface area contributed by atoms with Gasteiger partial charge in [-0.15, -0.1) is 0 Å². The van der Waals surface area contributed by atoms with Crippen LogP contribution in [0.1, 0.15) is 66.0 Å². The molecule has 1 N–H and O–H groups in total. The summed E-state index contributed by atoms with van der Waals surface area (Å²) in [6.07, 6.45) is 0.764. The van der Waals surface area contributed by atoms with E-state index in [4.69, 9.17) is 4.74 Å². The SMILES string of the molecule is CC.Cc1nc2c(F)cc(-c3nc(Nc4cccc(CN5CCN(C(=O)OC(C)(C)C)CC5)n4)ncc3F)cc2n1C(C)C. The van der Waals surface area contributed by atoms with Gasteiger partial charge in [-0.05, 0) is 65.8 Å². The van der Waals surface area contributed by atoms with Gasteiger partial charge in [0.05, 0.1) is 17.4 Å². The second-order valence-electron chi connectivity index (χ2n) is 11.7. The molecule has 1 aromatic carbocycles. The van der Waals surface area contributed by atoms with Crippen LogP contribution in [0.25, 0.3) is 22.3 Å². The molecule has 3 aromatic heterocycles. The molecule has 0 spiro atoms. The summed E-state index contributed by atoms with van der Waals surface area (Å²) < 4.78 is 37.3. The number of fused-ring (bicyclic) bond motifs is 1. The third-order valence-electron chi connectivity index (χ3n) is 6.92. The Bertz CT molecular complexity index is 1610. The minimum atomic E-state index is -0.668. The topological polar surface area (TPSA) is 101 Å². The lowest BCUT2D eigenvalue weighted by atomic mass is 10.1. The minimum Gasteiger partial charge on any atom is -0.444 e. The number of rotatable bonds is 6. The summed E-state index contributed by atoms with van der Waals surface area (Å²) in [6.45, 7) is 18.5. The van der Waals surface area contributed by atoms with Gasteiger partial charge in [-0.3, -0.25) is 4.90 Å². The molecule has 4 aromatic rings. The van der Waals surface area contributed by atoms with Gasteiger partial charge < -0.3 is 19.5 Å². The number of ether oxygens (including phenoxy) is 1. The molecule has 1 aliphatic heterocycles. The van der Waals surface area contributed by atoms with Crippen molar-refractivity contribution in [2.45, 2.75) is 73.6 Å². The van der Waals surface area contributed by atoms with E-state index >= 15 is 4.39 Å². The average molecular weight is 609 g/mol. The summed E-state index contributed by atoms with van der Waals surface area (Å²) in [7, 11) is 0.